The maximum Gasteiger partial charge on any atom is 0.228 e. The number of allylic oxidation sites excluding steroid dienone is 1. The summed E-state index contributed by atoms with van der Waals surface area (Å²) in [6.45, 7) is 7.17. The van der Waals surface area contributed by atoms with Gasteiger partial charge in [-0.3, -0.25) is 4.79 Å². The molecule has 0 unspecified atom stereocenters. The van der Waals surface area contributed by atoms with Gasteiger partial charge < -0.3 is 10.2 Å². The minimum atomic E-state index is -0.321. The molecule has 0 aromatic heterocycles. The van der Waals surface area contributed by atoms with Gasteiger partial charge in [0.2, 0.25) is 5.91 Å². The largest absolute Gasteiger partial charge is 0.369 e. The monoisotopic (exact) mass is 288 g/mol. The highest BCUT2D eigenvalue weighted by Crippen LogP contribution is 2.17. The first-order valence-electron chi connectivity index (χ1n) is 7.04. The maximum atomic E-state index is 13.1. The zero-order valence-corrected chi connectivity index (χ0v) is 12.7. The number of hydrogen-bond acceptors (Lipinski definition) is 2. The molecule has 0 spiro atoms. The molecule has 0 radical (unpaired) electrons. The Bertz CT molecular complexity index is 585. The van der Waals surface area contributed by atoms with Crippen molar-refractivity contribution in [2.45, 2.75) is 32.7 Å². The van der Waals surface area contributed by atoms with Gasteiger partial charge in [0.25, 0.3) is 0 Å². The van der Waals surface area contributed by atoms with Crippen LogP contribution < -0.4 is 5.32 Å². The van der Waals surface area contributed by atoms with E-state index in [2.05, 4.69) is 31.0 Å². The van der Waals surface area contributed by atoms with Gasteiger partial charge in [0, 0.05) is 24.0 Å². The third-order valence-corrected chi connectivity index (χ3v) is 3.34. The average molecular weight is 288 g/mol. The fourth-order valence-electron chi connectivity index (χ4n) is 2.12. The molecule has 0 fully saturated rings. The van der Waals surface area contributed by atoms with E-state index >= 15 is 0 Å². The molecule has 0 atom stereocenters. The summed E-state index contributed by atoms with van der Waals surface area (Å²) in [6.07, 6.45) is 6.02. The van der Waals surface area contributed by atoms with Crippen molar-refractivity contribution in [3.05, 3.63) is 59.7 Å². The second-order valence-electron chi connectivity index (χ2n) is 6.15. The van der Waals surface area contributed by atoms with E-state index < -0.39 is 0 Å². The topological polar surface area (TPSA) is 32.3 Å². The van der Waals surface area contributed by atoms with Crippen molar-refractivity contribution in [1.82, 2.24) is 10.2 Å². The van der Waals surface area contributed by atoms with E-state index in [1.165, 1.54) is 12.1 Å². The van der Waals surface area contributed by atoms with Crippen LogP contribution in [0.25, 0.3) is 0 Å². The molecule has 1 aromatic carbocycles. The molecular weight excluding hydrogens is 267 g/mol. The Hall–Kier alpha value is -2.10. The number of carbonyl (C=O) groups excluding carboxylic acids is 1. The van der Waals surface area contributed by atoms with Gasteiger partial charge in [-0.05, 0) is 50.6 Å². The molecular formula is C17H21FN2O. The van der Waals surface area contributed by atoms with Gasteiger partial charge in [-0.15, -0.1) is 0 Å². The van der Waals surface area contributed by atoms with Gasteiger partial charge in [-0.1, -0.05) is 12.1 Å². The Kier molecular flexibility index (Phi) is 4.46. The summed E-state index contributed by atoms with van der Waals surface area (Å²) in [6, 6.07) is 6.11. The predicted octanol–water partition coefficient (Wildman–Crippen LogP) is 3.00. The lowest BCUT2D eigenvalue weighted by molar-refractivity contribution is -0.119. The first-order chi connectivity index (χ1) is 9.84. The Morgan fingerprint density at radius 1 is 1.38 bits per heavy atom. The number of hydrogen-bond donors (Lipinski definition) is 1. The third kappa shape index (κ3) is 4.45. The van der Waals surface area contributed by atoms with Crippen LogP contribution in [0.5, 0.6) is 0 Å². The summed E-state index contributed by atoms with van der Waals surface area (Å²) < 4.78 is 13.1. The molecule has 1 amide bonds. The fraction of sp³-hybridized carbons (Fsp3) is 0.353. The van der Waals surface area contributed by atoms with E-state index in [9.17, 15) is 9.18 Å². The molecule has 0 aliphatic carbocycles. The first kappa shape index (κ1) is 15.3. The van der Waals surface area contributed by atoms with Crippen molar-refractivity contribution in [1.29, 1.82) is 0 Å². The van der Waals surface area contributed by atoms with Crippen LogP contribution in [0.4, 0.5) is 4.39 Å². The van der Waals surface area contributed by atoms with Crippen LogP contribution in [-0.2, 0) is 11.2 Å². The van der Waals surface area contributed by atoms with Gasteiger partial charge in [-0.2, -0.15) is 0 Å². The first-order valence-corrected chi connectivity index (χ1v) is 7.04. The van der Waals surface area contributed by atoms with Crippen molar-refractivity contribution in [2.75, 3.05) is 6.54 Å². The van der Waals surface area contributed by atoms with Crippen molar-refractivity contribution >= 4 is 5.91 Å². The molecule has 21 heavy (non-hydrogen) atoms. The summed E-state index contributed by atoms with van der Waals surface area (Å²) >= 11 is 0. The summed E-state index contributed by atoms with van der Waals surface area (Å²) in [5, 5.41) is 2.85. The highest BCUT2D eigenvalue weighted by molar-refractivity contribution is 5.80. The van der Waals surface area contributed by atoms with E-state index in [1.807, 2.05) is 18.4 Å². The van der Waals surface area contributed by atoms with E-state index in [1.54, 1.807) is 12.1 Å². The number of carbonyl (C=O) groups is 1. The number of nitrogens with one attached hydrogen (secondary N) is 1. The van der Waals surface area contributed by atoms with Crippen molar-refractivity contribution in [3.8, 4) is 0 Å². The number of amides is 1. The molecule has 1 heterocycles. The fourth-order valence-corrected chi connectivity index (χ4v) is 2.12. The summed E-state index contributed by atoms with van der Waals surface area (Å²) in [4.78, 5) is 14.1. The SMILES string of the molecule is CC(C)(C)N1C=CC(NC(=O)Cc2cccc(F)c2)=CC1. The normalized spacial score (nSPS) is 14.9. The smallest absolute Gasteiger partial charge is 0.228 e. The van der Waals surface area contributed by atoms with Crippen molar-refractivity contribution in [3.63, 3.8) is 0 Å². The molecule has 1 N–H and O–H groups in total. The molecule has 0 saturated carbocycles. The van der Waals surface area contributed by atoms with Crippen LogP contribution in [0.15, 0.2) is 48.3 Å². The molecule has 3 nitrogen and oxygen atoms in total. The zero-order valence-electron chi connectivity index (χ0n) is 12.7. The lowest BCUT2D eigenvalue weighted by Crippen LogP contribution is -2.39. The van der Waals surface area contributed by atoms with Gasteiger partial charge in [0.15, 0.2) is 0 Å². The summed E-state index contributed by atoms with van der Waals surface area (Å²) in [5.74, 6) is -0.460. The van der Waals surface area contributed by atoms with Crippen LogP contribution in [0.3, 0.4) is 0 Å². The Labute approximate surface area is 125 Å². The summed E-state index contributed by atoms with van der Waals surface area (Å²) in [7, 11) is 0. The van der Waals surface area contributed by atoms with Gasteiger partial charge in [-0.25, -0.2) is 4.39 Å². The standard InChI is InChI=1S/C17H21FN2O/c1-17(2,3)20-9-7-15(8-10-20)19-16(21)12-13-5-4-6-14(18)11-13/h4-9,11H,10,12H2,1-3H3,(H,19,21). The molecule has 0 saturated heterocycles. The number of rotatable bonds is 3. The van der Waals surface area contributed by atoms with E-state index in [0.717, 1.165) is 12.2 Å². The number of benzene rings is 1. The minimum Gasteiger partial charge on any atom is -0.369 e. The number of halogens is 1. The molecule has 1 aromatic rings. The molecule has 2 rings (SSSR count). The van der Waals surface area contributed by atoms with Crippen LogP contribution in [0.1, 0.15) is 26.3 Å². The highest BCUT2D eigenvalue weighted by Gasteiger charge is 2.19. The lowest BCUT2D eigenvalue weighted by Gasteiger charge is -2.35. The van der Waals surface area contributed by atoms with Crippen molar-refractivity contribution in [2.24, 2.45) is 0 Å². The molecule has 0 bridgehead atoms. The highest BCUT2D eigenvalue weighted by atomic mass is 19.1. The lowest BCUT2D eigenvalue weighted by atomic mass is 10.1. The molecule has 112 valence electrons. The Balaban J connectivity index is 1.90. The van der Waals surface area contributed by atoms with Crippen LogP contribution in [0, 0.1) is 5.82 Å². The van der Waals surface area contributed by atoms with E-state index in [4.69, 9.17) is 0 Å². The molecule has 1 aliphatic heterocycles. The number of nitrogens with zero attached hydrogens (tertiary/aromatic N) is 1. The molecule has 4 heteroatoms. The average Bonchev–Trinajstić information content (AvgIpc) is 2.38. The van der Waals surface area contributed by atoms with Gasteiger partial charge >= 0.3 is 0 Å². The quantitative estimate of drug-likeness (QED) is 0.927. The third-order valence-electron chi connectivity index (χ3n) is 3.34. The maximum absolute atomic E-state index is 13.1. The minimum absolute atomic E-state index is 0.0596. The Morgan fingerprint density at radius 2 is 2.14 bits per heavy atom. The Morgan fingerprint density at radius 3 is 2.71 bits per heavy atom. The van der Waals surface area contributed by atoms with Crippen LogP contribution in [0.2, 0.25) is 0 Å². The van der Waals surface area contributed by atoms with Crippen LogP contribution in [-0.4, -0.2) is 22.9 Å². The predicted molar refractivity (Wildman–Crippen MR) is 81.9 cm³/mol. The van der Waals surface area contributed by atoms with Gasteiger partial charge in [0.05, 0.1) is 6.42 Å². The summed E-state index contributed by atoms with van der Waals surface area (Å²) in [5.41, 5.74) is 1.52. The van der Waals surface area contributed by atoms with E-state index in [0.29, 0.717) is 5.56 Å². The van der Waals surface area contributed by atoms with Crippen LogP contribution >= 0.6 is 0 Å². The second kappa shape index (κ2) is 6.12. The second-order valence-corrected chi connectivity index (χ2v) is 6.15. The molecule has 1 aliphatic rings. The zero-order chi connectivity index (χ0) is 15.5. The van der Waals surface area contributed by atoms with Crippen molar-refractivity contribution < 1.29 is 9.18 Å². The van der Waals surface area contributed by atoms with Gasteiger partial charge in [0.1, 0.15) is 5.82 Å². The van der Waals surface area contributed by atoms with E-state index in [-0.39, 0.29) is 23.7 Å².